The van der Waals surface area contributed by atoms with Crippen LogP contribution in [0.4, 0.5) is 17.2 Å². The van der Waals surface area contributed by atoms with Gasteiger partial charge in [-0.15, -0.1) is 0 Å². The average Bonchev–Trinajstić information content (AvgIpc) is 2.67. The SMILES string of the molecule is C=c1nc2c(c(=O)[nH]1)=Nc1cc(C)c(C)cc1N2CCN1CCCC[C@H]1C(=O)O. The van der Waals surface area contributed by atoms with Crippen molar-refractivity contribution in [1.82, 2.24) is 14.9 Å². The molecule has 1 saturated heterocycles. The highest BCUT2D eigenvalue weighted by Gasteiger charge is 2.30. The molecule has 152 valence electrons. The molecule has 0 bridgehead atoms. The van der Waals surface area contributed by atoms with E-state index in [2.05, 4.69) is 21.5 Å². The number of aryl methyl sites for hydroxylation is 2. The molecule has 1 aromatic carbocycles. The summed E-state index contributed by atoms with van der Waals surface area (Å²) in [5.41, 5.74) is 3.77. The van der Waals surface area contributed by atoms with Crippen LogP contribution in [0, 0.1) is 13.8 Å². The largest absolute Gasteiger partial charge is 0.480 e. The van der Waals surface area contributed by atoms with Crippen LogP contribution in [0.15, 0.2) is 21.9 Å². The molecule has 2 aliphatic heterocycles. The molecule has 3 heterocycles. The molecule has 8 heteroatoms. The summed E-state index contributed by atoms with van der Waals surface area (Å²) in [6, 6.07) is 3.56. The van der Waals surface area contributed by atoms with Crippen molar-refractivity contribution >= 4 is 29.7 Å². The summed E-state index contributed by atoms with van der Waals surface area (Å²) in [5, 5.41) is 9.83. The first-order valence-corrected chi connectivity index (χ1v) is 9.89. The van der Waals surface area contributed by atoms with Crippen molar-refractivity contribution in [3.05, 3.63) is 44.5 Å². The number of H-pyrrole nitrogens is 1. The number of nitrogens with zero attached hydrogens (tertiary/aromatic N) is 4. The van der Waals surface area contributed by atoms with Crippen LogP contribution in [0.5, 0.6) is 0 Å². The molecule has 1 atom stereocenters. The number of hydrogen-bond acceptors (Lipinski definition) is 6. The summed E-state index contributed by atoms with van der Waals surface area (Å²) in [5.74, 6) is -0.307. The first-order valence-electron chi connectivity index (χ1n) is 9.89. The normalized spacial score (nSPS) is 18.7. The number of piperidine rings is 1. The van der Waals surface area contributed by atoms with Gasteiger partial charge in [-0.2, -0.15) is 0 Å². The van der Waals surface area contributed by atoms with Gasteiger partial charge in [-0.25, -0.2) is 9.98 Å². The predicted octanol–water partition coefficient (Wildman–Crippen LogP) is 1.14. The van der Waals surface area contributed by atoms with Crippen LogP contribution in [-0.4, -0.2) is 51.6 Å². The van der Waals surface area contributed by atoms with Gasteiger partial charge in [0.2, 0.25) is 0 Å². The zero-order valence-corrected chi connectivity index (χ0v) is 16.7. The first-order chi connectivity index (χ1) is 13.8. The third-order valence-corrected chi connectivity index (χ3v) is 5.80. The zero-order valence-electron chi connectivity index (χ0n) is 16.7. The quantitative estimate of drug-likeness (QED) is 0.805. The molecule has 8 nitrogen and oxygen atoms in total. The smallest absolute Gasteiger partial charge is 0.320 e. The van der Waals surface area contributed by atoms with E-state index < -0.39 is 12.0 Å². The number of carbonyl (C=O) groups is 1. The van der Waals surface area contributed by atoms with Crippen molar-refractivity contribution in [1.29, 1.82) is 0 Å². The number of carboxylic acid groups (broad SMARTS) is 1. The Morgan fingerprint density at radius 3 is 2.79 bits per heavy atom. The molecule has 0 aliphatic carbocycles. The fourth-order valence-electron chi connectivity index (χ4n) is 4.11. The van der Waals surface area contributed by atoms with Crippen LogP contribution in [0.1, 0.15) is 30.4 Å². The van der Waals surface area contributed by atoms with Crippen LogP contribution in [0.3, 0.4) is 0 Å². The molecule has 1 aromatic heterocycles. The second-order valence-electron chi connectivity index (χ2n) is 7.76. The van der Waals surface area contributed by atoms with Gasteiger partial charge in [0.05, 0.1) is 11.4 Å². The van der Waals surface area contributed by atoms with Crippen LogP contribution in [0.25, 0.3) is 6.58 Å². The van der Waals surface area contributed by atoms with Crippen LogP contribution >= 0.6 is 0 Å². The van der Waals surface area contributed by atoms with Gasteiger partial charge in [-0.1, -0.05) is 13.0 Å². The summed E-state index contributed by atoms with van der Waals surface area (Å²) in [7, 11) is 0. The Labute approximate surface area is 168 Å². The number of benzene rings is 1. The van der Waals surface area contributed by atoms with E-state index in [-0.39, 0.29) is 16.4 Å². The Bertz CT molecular complexity index is 1140. The highest BCUT2D eigenvalue weighted by Crippen LogP contribution is 2.36. The fraction of sp³-hybridized carbons (Fsp3) is 0.429. The maximum absolute atomic E-state index is 12.5. The molecular formula is C21H25N5O3. The van der Waals surface area contributed by atoms with E-state index in [9.17, 15) is 14.7 Å². The molecule has 4 rings (SSSR count). The van der Waals surface area contributed by atoms with Crippen molar-refractivity contribution in [2.45, 2.75) is 39.2 Å². The highest BCUT2D eigenvalue weighted by atomic mass is 16.4. The van der Waals surface area contributed by atoms with E-state index in [1.807, 2.05) is 35.8 Å². The number of rotatable bonds is 4. The number of aromatic nitrogens is 2. The Balaban J connectivity index is 1.76. The number of anilines is 2. The molecule has 0 spiro atoms. The van der Waals surface area contributed by atoms with Gasteiger partial charge in [-0.05, 0) is 56.5 Å². The van der Waals surface area contributed by atoms with Crippen LogP contribution < -0.4 is 21.3 Å². The number of nitrogens with one attached hydrogen (secondary N) is 1. The minimum absolute atomic E-state index is 0.265. The molecule has 2 aliphatic rings. The Hall–Kier alpha value is -3.00. The number of likely N-dealkylation sites (tertiary alicyclic amines) is 1. The van der Waals surface area contributed by atoms with E-state index in [1.165, 1.54) is 0 Å². The molecule has 29 heavy (non-hydrogen) atoms. The highest BCUT2D eigenvalue weighted by molar-refractivity contribution is 5.77. The van der Waals surface area contributed by atoms with Crippen LogP contribution in [0.2, 0.25) is 0 Å². The first kappa shape index (κ1) is 19.3. The zero-order chi connectivity index (χ0) is 20.7. The maximum Gasteiger partial charge on any atom is 0.320 e. The molecule has 0 unspecified atom stereocenters. The van der Waals surface area contributed by atoms with Gasteiger partial charge in [0.1, 0.15) is 11.5 Å². The van der Waals surface area contributed by atoms with Gasteiger partial charge in [0.15, 0.2) is 11.2 Å². The standard InChI is InChI=1S/C21H25N5O3/c1-12-10-15-17(11-13(12)2)26(19-18(24-15)20(27)23-14(3)22-19)9-8-25-7-5-4-6-16(25)21(28)29/h10-11,16H,3-9H2,1-2H3,(H,23,27)(H,28,29)/t16-/m0/s1. The minimum Gasteiger partial charge on any atom is -0.480 e. The summed E-state index contributed by atoms with van der Waals surface area (Å²) < 4.78 is 0. The average molecular weight is 395 g/mol. The number of hydrogen-bond donors (Lipinski definition) is 2. The summed E-state index contributed by atoms with van der Waals surface area (Å²) in [4.78, 5) is 39.8. The molecule has 1 fully saturated rings. The molecular weight excluding hydrogens is 370 g/mol. The Morgan fingerprint density at radius 2 is 2.03 bits per heavy atom. The third-order valence-electron chi connectivity index (χ3n) is 5.80. The van der Waals surface area contributed by atoms with E-state index in [4.69, 9.17) is 0 Å². The number of fused-ring (bicyclic) bond motifs is 2. The second-order valence-corrected chi connectivity index (χ2v) is 7.76. The number of carboxylic acids is 1. The lowest BCUT2D eigenvalue weighted by Gasteiger charge is -2.35. The third kappa shape index (κ3) is 3.55. The fourth-order valence-corrected chi connectivity index (χ4v) is 4.11. The van der Waals surface area contributed by atoms with Crippen molar-refractivity contribution < 1.29 is 9.90 Å². The van der Waals surface area contributed by atoms with Gasteiger partial charge in [0.25, 0.3) is 5.56 Å². The number of aromatic amines is 1. The monoisotopic (exact) mass is 395 g/mol. The van der Waals surface area contributed by atoms with Crippen molar-refractivity contribution in [3.8, 4) is 0 Å². The summed E-state index contributed by atoms with van der Waals surface area (Å²) >= 11 is 0. The second kappa shape index (κ2) is 7.44. The summed E-state index contributed by atoms with van der Waals surface area (Å²) in [6.07, 6.45) is 2.59. The van der Waals surface area contributed by atoms with Crippen molar-refractivity contribution in [3.63, 3.8) is 0 Å². The lowest BCUT2D eigenvalue weighted by atomic mass is 10.0. The molecule has 2 N–H and O–H groups in total. The van der Waals surface area contributed by atoms with Gasteiger partial charge < -0.3 is 15.0 Å². The molecule has 2 aromatic rings. The Kier molecular flexibility index (Phi) is 4.96. The maximum atomic E-state index is 12.5. The molecule has 0 saturated carbocycles. The molecule has 0 radical (unpaired) electrons. The van der Waals surface area contributed by atoms with Gasteiger partial charge in [-0.3, -0.25) is 14.5 Å². The topological polar surface area (TPSA) is 102 Å². The summed E-state index contributed by atoms with van der Waals surface area (Å²) in [6.45, 7) is 9.65. The van der Waals surface area contributed by atoms with Crippen LogP contribution in [-0.2, 0) is 4.79 Å². The van der Waals surface area contributed by atoms with Gasteiger partial charge in [0, 0.05) is 13.1 Å². The van der Waals surface area contributed by atoms with E-state index in [0.717, 1.165) is 41.9 Å². The lowest BCUT2D eigenvalue weighted by Crippen LogP contribution is -2.49. The van der Waals surface area contributed by atoms with E-state index >= 15 is 0 Å². The molecule has 0 amide bonds. The predicted molar refractivity (Wildman–Crippen MR) is 111 cm³/mol. The number of aliphatic carboxylic acids is 1. The van der Waals surface area contributed by atoms with E-state index in [1.54, 1.807) is 0 Å². The minimum atomic E-state index is -0.778. The van der Waals surface area contributed by atoms with Gasteiger partial charge >= 0.3 is 5.97 Å². The van der Waals surface area contributed by atoms with E-state index in [0.29, 0.717) is 25.3 Å². The Morgan fingerprint density at radius 1 is 1.28 bits per heavy atom. The lowest BCUT2D eigenvalue weighted by molar-refractivity contribution is -0.144. The van der Waals surface area contributed by atoms with Crippen molar-refractivity contribution in [2.24, 2.45) is 4.99 Å². The van der Waals surface area contributed by atoms with Crippen molar-refractivity contribution in [2.75, 3.05) is 24.5 Å².